The first-order valence-corrected chi connectivity index (χ1v) is 6.41. The Morgan fingerprint density at radius 1 is 1.35 bits per heavy atom. The zero-order chi connectivity index (χ0) is 12.7. The minimum absolute atomic E-state index is 0.168. The molecule has 1 atom stereocenters. The van der Waals surface area contributed by atoms with E-state index in [0.29, 0.717) is 6.42 Å². The predicted octanol–water partition coefficient (Wildman–Crippen LogP) is 2.38. The van der Waals surface area contributed by atoms with Crippen LogP contribution in [0.15, 0.2) is 24.3 Å². The highest BCUT2D eigenvalue weighted by molar-refractivity contribution is 5.40. The summed E-state index contributed by atoms with van der Waals surface area (Å²) in [7, 11) is 0. The first-order chi connectivity index (χ1) is 7.85. The second kappa shape index (κ2) is 4.11. The zero-order valence-electron chi connectivity index (χ0n) is 11.0. The Morgan fingerprint density at radius 3 is 2.41 bits per heavy atom. The van der Waals surface area contributed by atoms with Gasteiger partial charge >= 0.3 is 0 Å². The molecule has 0 radical (unpaired) electrons. The van der Waals surface area contributed by atoms with Gasteiger partial charge in [0, 0.05) is 17.9 Å². The summed E-state index contributed by atoms with van der Waals surface area (Å²) in [5.74, 6) is 0. The van der Waals surface area contributed by atoms with Gasteiger partial charge in [-0.2, -0.15) is 0 Å². The Labute approximate surface area is 104 Å². The molecule has 0 amide bonds. The largest absolute Gasteiger partial charge is 0.390 e. The summed E-state index contributed by atoms with van der Waals surface area (Å²) in [5, 5.41) is 9.99. The van der Waals surface area contributed by atoms with Crippen LogP contribution in [0.4, 0.5) is 0 Å². The Morgan fingerprint density at radius 2 is 1.94 bits per heavy atom. The van der Waals surface area contributed by atoms with Gasteiger partial charge in [-0.05, 0) is 44.7 Å². The number of benzene rings is 1. The smallest absolute Gasteiger partial charge is 0.0632 e. The average Bonchev–Trinajstić information content (AvgIpc) is 2.96. The molecule has 0 aliphatic heterocycles. The molecule has 1 aliphatic carbocycles. The molecule has 0 aromatic heterocycles. The molecule has 1 aromatic carbocycles. The van der Waals surface area contributed by atoms with E-state index >= 15 is 0 Å². The quantitative estimate of drug-likeness (QED) is 0.838. The summed E-state index contributed by atoms with van der Waals surface area (Å²) in [4.78, 5) is 0. The number of rotatable bonds is 4. The lowest BCUT2D eigenvalue weighted by molar-refractivity contribution is 0.0806. The molecule has 0 bridgehead atoms. The van der Waals surface area contributed by atoms with E-state index in [-0.39, 0.29) is 11.5 Å². The monoisotopic (exact) mass is 233 g/mol. The van der Waals surface area contributed by atoms with Gasteiger partial charge in [0.15, 0.2) is 0 Å². The van der Waals surface area contributed by atoms with Gasteiger partial charge in [-0.3, -0.25) is 0 Å². The van der Waals surface area contributed by atoms with Crippen molar-refractivity contribution in [3.63, 3.8) is 0 Å². The lowest BCUT2D eigenvalue weighted by Gasteiger charge is -2.26. The van der Waals surface area contributed by atoms with Crippen LogP contribution in [0.5, 0.6) is 0 Å². The van der Waals surface area contributed by atoms with Gasteiger partial charge < -0.3 is 10.8 Å². The van der Waals surface area contributed by atoms with Crippen molar-refractivity contribution in [3.8, 4) is 0 Å². The molecule has 1 fully saturated rings. The topological polar surface area (TPSA) is 46.2 Å². The maximum absolute atomic E-state index is 9.99. The van der Waals surface area contributed by atoms with Crippen molar-refractivity contribution >= 4 is 0 Å². The molecule has 1 saturated carbocycles. The Hall–Kier alpha value is -0.860. The fraction of sp³-hybridized carbons (Fsp3) is 0.600. The van der Waals surface area contributed by atoms with Crippen LogP contribution in [0.25, 0.3) is 0 Å². The number of hydrogen-bond acceptors (Lipinski definition) is 2. The van der Waals surface area contributed by atoms with Crippen molar-refractivity contribution in [3.05, 3.63) is 35.4 Å². The van der Waals surface area contributed by atoms with Crippen LogP contribution in [-0.4, -0.2) is 16.7 Å². The van der Waals surface area contributed by atoms with Crippen LogP contribution < -0.4 is 5.73 Å². The highest BCUT2D eigenvalue weighted by Crippen LogP contribution is 2.51. The second-order valence-corrected chi connectivity index (χ2v) is 6.09. The van der Waals surface area contributed by atoms with Gasteiger partial charge in [0.1, 0.15) is 0 Å². The zero-order valence-corrected chi connectivity index (χ0v) is 11.0. The van der Waals surface area contributed by atoms with E-state index in [1.807, 2.05) is 19.9 Å². The van der Waals surface area contributed by atoms with Crippen molar-refractivity contribution in [2.45, 2.75) is 57.1 Å². The third-order valence-electron chi connectivity index (χ3n) is 3.84. The standard InChI is InChI=1S/C15H23NO/c1-11(16)15(8-9-15)13-7-5-4-6-12(13)10-14(2,3)17/h4-7,11,17H,8-10,16H2,1-3H3. The minimum atomic E-state index is -0.663. The Balaban J connectivity index is 2.35. The fourth-order valence-corrected chi connectivity index (χ4v) is 2.73. The summed E-state index contributed by atoms with van der Waals surface area (Å²) in [6.45, 7) is 5.80. The van der Waals surface area contributed by atoms with Gasteiger partial charge in [0.2, 0.25) is 0 Å². The van der Waals surface area contributed by atoms with E-state index in [4.69, 9.17) is 5.73 Å². The van der Waals surface area contributed by atoms with Crippen LogP contribution in [0.3, 0.4) is 0 Å². The van der Waals surface area contributed by atoms with Crippen LogP contribution in [-0.2, 0) is 11.8 Å². The van der Waals surface area contributed by atoms with Crippen molar-refractivity contribution in [1.29, 1.82) is 0 Å². The van der Waals surface area contributed by atoms with Gasteiger partial charge in [-0.1, -0.05) is 24.3 Å². The lowest BCUT2D eigenvalue weighted by Crippen LogP contribution is -2.33. The SMILES string of the molecule is CC(N)C1(c2ccccc2CC(C)(C)O)CC1. The van der Waals surface area contributed by atoms with Crippen LogP contribution in [0.1, 0.15) is 44.7 Å². The number of nitrogens with two attached hydrogens (primary N) is 1. The van der Waals surface area contributed by atoms with Gasteiger partial charge in [0.05, 0.1) is 5.60 Å². The van der Waals surface area contributed by atoms with E-state index in [2.05, 4.69) is 25.1 Å². The summed E-state index contributed by atoms with van der Waals surface area (Å²) < 4.78 is 0. The number of aliphatic hydroxyl groups is 1. The first kappa shape index (κ1) is 12.6. The van der Waals surface area contributed by atoms with Crippen molar-refractivity contribution in [2.75, 3.05) is 0 Å². The molecule has 94 valence electrons. The minimum Gasteiger partial charge on any atom is -0.390 e. The summed E-state index contributed by atoms with van der Waals surface area (Å²) in [6.07, 6.45) is 3.04. The van der Waals surface area contributed by atoms with E-state index in [1.165, 1.54) is 24.0 Å². The maximum Gasteiger partial charge on any atom is 0.0632 e. The van der Waals surface area contributed by atoms with Gasteiger partial charge in [-0.15, -0.1) is 0 Å². The predicted molar refractivity (Wildman–Crippen MR) is 71.0 cm³/mol. The molecule has 1 aliphatic rings. The van der Waals surface area contributed by atoms with E-state index < -0.39 is 5.60 Å². The fourth-order valence-electron chi connectivity index (χ4n) is 2.73. The molecule has 2 heteroatoms. The van der Waals surface area contributed by atoms with E-state index in [1.54, 1.807) is 0 Å². The molecule has 3 N–H and O–H groups in total. The molecule has 2 nitrogen and oxygen atoms in total. The molecule has 1 aromatic rings. The van der Waals surface area contributed by atoms with Gasteiger partial charge in [0.25, 0.3) is 0 Å². The second-order valence-electron chi connectivity index (χ2n) is 6.09. The first-order valence-electron chi connectivity index (χ1n) is 6.41. The Bertz CT molecular complexity index is 400. The maximum atomic E-state index is 9.99. The Kier molecular flexibility index (Phi) is 3.04. The highest BCUT2D eigenvalue weighted by atomic mass is 16.3. The molecule has 17 heavy (non-hydrogen) atoms. The molecule has 2 rings (SSSR count). The lowest BCUT2D eigenvalue weighted by atomic mass is 9.83. The molecular formula is C15H23NO. The van der Waals surface area contributed by atoms with Crippen molar-refractivity contribution < 1.29 is 5.11 Å². The van der Waals surface area contributed by atoms with Crippen LogP contribution in [0, 0.1) is 0 Å². The van der Waals surface area contributed by atoms with Crippen LogP contribution >= 0.6 is 0 Å². The molecule has 1 unspecified atom stereocenters. The summed E-state index contributed by atoms with van der Waals surface area (Å²) in [5.41, 5.74) is 8.23. The van der Waals surface area contributed by atoms with Crippen molar-refractivity contribution in [1.82, 2.24) is 0 Å². The van der Waals surface area contributed by atoms with Crippen LogP contribution in [0.2, 0.25) is 0 Å². The van der Waals surface area contributed by atoms with Gasteiger partial charge in [-0.25, -0.2) is 0 Å². The number of hydrogen-bond donors (Lipinski definition) is 2. The van der Waals surface area contributed by atoms with E-state index in [0.717, 1.165) is 0 Å². The van der Waals surface area contributed by atoms with Crippen molar-refractivity contribution in [2.24, 2.45) is 5.73 Å². The third kappa shape index (κ3) is 2.53. The normalized spacial score (nSPS) is 20.1. The molecular weight excluding hydrogens is 210 g/mol. The summed E-state index contributed by atoms with van der Waals surface area (Å²) in [6, 6.07) is 8.60. The molecule has 0 saturated heterocycles. The highest BCUT2D eigenvalue weighted by Gasteiger charge is 2.48. The summed E-state index contributed by atoms with van der Waals surface area (Å²) >= 11 is 0. The average molecular weight is 233 g/mol. The van der Waals surface area contributed by atoms with E-state index in [9.17, 15) is 5.11 Å². The molecule has 0 heterocycles. The molecule has 0 spiro atoms. The third-order valence-corrected chi connectivity index (χ3v) is 3.84.